The molecule has 4 heteroatoms. The zero-order chi connectivity index (χ0) is 11.1. The smallest absolute Gasteiger partial charge is 0.303 e. The highest BCUT2D eigenvalue weighted by molar-refractivity contribution is 5.66. The number of aromatic nitrogens is 1. The molecule has 0 aromatic carbocycles. The molecule has 0 radical (unpaired) electrons. The molecule has 0 saturated heterocycles. The second-order valence-electron chi connectivity index (χ2n) is 3.29. The lowest BCUT2D eigenvalue weighted by atomic mass is 10.2. The average molecular weight is 209 g/mol. The van der Waals surface area contributed by atoms with E-state index in [1.807, 2.05) is 19.1 Å². The predicted octanol–water partition coefficient (Wildman–Crippen LogP) is 2.02. The molecule has 0 spiro atoms. The van der Waals surface area contributed by atoms with Crippen molar-refractivity contribution in [1.82, 2.24) is 4.98 Å². The number of rotatable bonds is 6. The third kappa shape index (κ3) is 4.44. The number of pyridine rings is 1. The van der Waals surface area contributed by atoms with Crippen molar-refractivity contribution in [3.05, 3.63) is 24.0 Å². The number of ether oxygens (including phenoxy) is 1. The van der Waals surface area contributed by atoms with Crippen molar-refractivity contribution in [3.8, 4) is 5.75 Å². The van der Waals surface area contributed by atoms with Crippen LogP contribution >= 0.6 is 0 Å². The van der Waals surface area contributed by atoms with Crippen LogP contribution in [0.1, 0.15) is 25.0 Å². The SMILES string of the molecule is Cc1ncccc1OCCCCC(=O)O. The Hall–Kier alpha value is -1.58. The van der Waals surface area contributed by atoms with E-state index in [9.17, 15) is 4.79 Å². The third-order valence-corrected chi connectivity index (χ3v) is 2.00. The maximum Gasteiger partial charge on any atom is 0.303 e. The fraction of sp³-hybridized carbons (Fsp3) is 0.455. The number of aliphatic carboxylic acids is 1. The summed E-state index contributed by atoms with van der Waals surface area (Å²) in [5.41, 5.74) is 0.857. The first-order valence-corrected chi connectivity index (χ1v) is 4.96. The lowest BCUT2D eigenvalue weighted by Gasteiger charge is -2.06. The minimum absolute atomic E-state index is 0.204. The monoisotopic (exact) mass is 209 g/mol. The Kier molecular flexibility index (Phi) is 4.60. The van der Waals surface area contributed by atoms with Crippen LogP contribution in [0.2, 0.25) is 0 Å². The van der Waals surface area contributed by atoms with Crippen LogP contribution in [-0.4, -0.2) is 22.7 Å². The van der Waals surface area contributed by atoms with Crippen LogP contribution < -0.4 is 4.74 Å². The Bertz CT molecular complexity index is 325. The van der Waals surface area contributed by atoms with Crippen molar-refractivity contribution >= 4 is 5.97 Å². The van der Waals surface area contributed by atoms with Gasteiger partial charge in [0.25, 0.3) is 0 Å². The van der Waals surface area contributed by atoms with E-state index in [0.29, 0.717) is 13.0 Å². The molecule has 1 aromatic rings. The number of aryl methyl sites for hydroxylation is 1. The van der Waals surface area contributed by atoms with Crippen LogP contribution in [-0.2, 0) is 4.79 Å². The van der Waals surface area contributed by atoms with Crippen molar-refractivity contribution in [2.24, 2.45) is 0 Å². The topological polar surface area (TPSA) is 59.4 Å². The number of carboxylic acids is 1. The van der Waals surface area contributed by atoms with Crippen LogP contribution in [0.15, 0.2) is 18.3 Å². The van der Waals surface area contributed by atoms with E-state index >= 15 is 0 Å². The maximum atomic E-state index is 10.2. The molecule has 1 rings (SSSR count). The van der Waals surface area contributed by atoms with Gasteiger partial charge in [-0.25, -0.2) is 0 Å². The van der Waals surface area contributed by atoms with Crippen molar-refractivity contribution in [1.29, 1.82) is 0 Å². The van der Waals surface area contributed by atoms with Gasteiger partial charge in [-0.3, -0.25) is 9.78 Å². The zero-order valence-electron chi connectivity index (χ0n) is 8.77. The van der Waals surface area contributed by atoms with Crippen LogP contribution in [0.25, 0.3) is 0 Å². The molecule has 0 fully saturated rings. The normalized spacial score (nSPS) is 9.93. The van der Waals surface area contributed by atoms with Crippen molar-refractivity contribution < 1.29 is 14.6 Å². The van der Waals surface area contributed by atoms with Crippen LogP contribution in [0, 0.1) is 6.92 Å². The Morgan fingerprint density at radius 3 is 3.00 bits per heavy atom. The maximum absolute atomic E-state index is 10.2. The zero-order valence-corrected chi connectivity index (χ0v) is 8.77. The van der Waals surface area contributed by atoms with E-state index in [1.54, 1.807) is 6.20 Å². The second-order valence-corrected chi connectivity index (χ2v) is 3.29. The summed E-state index contributed by atoms with van der Waals surface area (Å²) in [5, 5.41) is 8.42. The molecule has 0 atom stereocenters. The summed E-state index contributed by atoms with van der Waals surface area (Å²) in [7, 11) is 0. The van der Waals surface area contributed by atoms with Crippen molar-refractivity contribution in [2.75, 3.05) is 6.61 Å². The van der Waals surface area contributed by atoms with Gasteiger partial charge in [-0.15, -0.1) is 0 Å². The summed E-state index contributed by atoms with van der Waals surface area (Å²) in [6.07, 6.45) is 3.32. The average Bonchev–Trinajstić information content (AvgIpc) is 2.20. The van der Waals surface area contributed by atoms with E-state index in [0.717, 1.165) is 17.9 Å². The van der Waals surface area contributed by atoms with Gasteiger partial charge in [0, 0.05) is 12.6 Å². The molecular formula is C11H15NO3. The predicted molar refractivity (Wildman–Crippen MR) is 56.0 cm³/mol. The van der Waals surface area contributed by atoms with E-state index in [4.69, 9.17) is 9.84 Å². The lowest BCUT2D eigenvalue weighted by Crippen LogP contribution is -2.01. The van der Waals surface area contributed by atoms with E-state index in [1.165, 1.54) is 0 Å². The number of unbranched alkanes of at least 4 members (excludes halogenated alkanes) is 1. The molecule has 15 heavy (non-hydrogen) atoms. The minimum Gasteiger partial charge on any atom is -0.492 e. The Balaban J connectivity index is 2.21. The molecule has 0 amide bonds. The first-order valence-electron chi connectivity index (χ1n) is 4.96. The van der Waals surface area contributed by atoms with Gasteiger partial charge in [0.1, 0.15) is 5.75 Å². The fourth-order valence-corrected chi connectivity index (χ4v) is 1.18. The number of nitrogens with zero attached hydrogens (tertiary/aromatic N) is 1. The van der Waals surface area contributed by atoms with Gasteiger partial charge in [0.15, 0.2) is 0 Å². The molecule has 0 bridgehead atoms. The highest BCUT2D eigenvalue weighted by Crippen LogP contribution is 2.13. The van der Waals surface area contributed by atoms with Crippen LogP contribution in [0.4, 0.5) is 0 Å². The molecule has 4 nitrogen and oxygen atoms in total. The first kappa shape index (κ1) is 11.5. The summed E-state index contributed by atoms with van der Waals surface area (Å²) >= 11 is 0. The standard InChI is InChI=1S/C11H15NO3/c1-9-10(5-4-7-12-9)15-8-3-2-6-11(13)14/h4-5,7H,2-3,6,8H2,1H3,(H,13,14). The number of carbonyl (C=O) groups is 1. The van der Waals surface area contributed by atoms with E-state index in [2.05, 4.69) is 4.98 Å². The van der Waals surface area contributed by atoms with Crippen LogP contribution in [0.5, 0.6) is 5.75 Å². The molecule has 0 aliphatic carbocycles. The van der Waals surface area contributed by atoms with Crippen molar-refractivity contribution in [3.63, 3.8) is 0 Å². The molecule has 1 heterocycles. The summed E-state index contributed by atoms with van der Waals surface area (Å²) in [6.45, 7) is 2.42. The first-order chi connectivity index (χ1) is 7.20. The Morgan fingerprint density at radius 2 is 2.33 bits per heavy atom. The molecule has 82 valence electrons. The number of hydrogen-bond acceptors (Lipinski definition) is 3. The molecule has 0 saturated carbocycles. The van der Waals surface area contributed by atoms with Crippen LogP contribution in [0.3, 0.4) is 0 Å². The molecule has 0 aliphatic rings. The third-order valence-electron chi connectivity index (χ3n) is 2.00. The molecule has 0 unspecified atom stereocenters. The van der Waals surface area contributed by atoms with Gasteiger partial charge < -0.3 is 9.84 Å². The molecule has 0 aliphatic heterocycles. The van der Waals surface area contributed by atoms with E-state index < -0.39 is 5.97 Å². The van der Waals surface area contributed by atoms with Gasteiger partial charge in [-0.05, 0) is 31.9 Å². The Labute approximate surface area is 88.9 Å². The largest absolute Gasteiger partial charge is 0.492 e. The van der Waals surface area contributed by atoms with Gasteiger partial charge in [-0.1, -0.05) is 0 Å². The highest BCUT2D eigenvalue weighted by Gasteiger charge is 1.99. The molecule has 1 aromatic heterocycles. The lowest BCUT2D eigenvalue weighted by molar-refractivity contribution is -0.137. The number of carboxylic acid groups (broad SMARTS) is 1. The van der Waals surface area contributed by atoms with Crippen molar-refractivity contribution in [2.45, 2.75) is 26.2 Å². The Morgan fingerprint density at radius 1 is 1.53 bits per heavy atom. The highest BCUT2D eigenvalue weighted by atomic mass is 16.5. The molecular weight excluding hydrogens is 194 g/mol. The van der Waals surface area contributed by atoms with E-state index in [-0.39, 0.29) is 6.42 Å². The summed E-state index contributed by atoms with van der Waals surface area (Å²) < 4.78 is 5.46. The summed E-state index contributed by atoms with van der Waals surface area (Å²) in [5.74, 6) is 0.0142. The second kappa shape index (κ2) is 6.01. The fourth-order valence-electron chi connectivity index (χ4n) is 1.18. The minimum atomic E-state index is -0.757. The number of hydrogen-bond donors (Lipinski definition) is 1. The van der Waals surface area contributed by atoms with Gasteiger partial charge in [0.05, 0.1) is 12.3 Å². The van der Waals surface area contributed by atoms with Gasteiger partial charge in [0.2, 0.25) is 0 Å². The van der Waals surface area contributed by atoms with Gasteiger partial charge in [-0.2, -0.15) is 0 Å². The van der Waals surface area contributed by atoms with Gasteiger partial charge >= 0.3 is 5.97 Å². The summed E-state index contributed by atoms with van der Waals surface area (Å²) in [6, 6.07) is 3.68. The summed E-state index contributed by atoms with van der Waals surface area (Å²) in [4.78, 5) is 14.3. The molecule has 1 N–H and O–H groups in total. The quantitative estimate of drug-likeness (QED) is 0.728.